The molecule has 0 amide bonds. The van der Waals surface area contributed by atoms with Crippen molar-refractivity contribution in [1.29, 1.82) is 0 Å². The van der Waals surface area contributed by atoms with Crippen LogP contribution in [0.4, 0.5) is 0 Å². The molecule has 0 aliphatic rings. The first-order chi connectivity index (χ1) is 10.7. The van der Waals surface area contributed by atoms with Crippen molar-refractivity contribution in [3.63, 3.8) is 0 Å². The van der Waals surface area contributed by atoms with Gasteiger partial charge in [-0.15, -0.1) is 0 Å². The Morgan fingerprint density at radius 2 is 1.68 bits per heavy atom. The molecule has 0 atom stereocenters. The number of rotatable bonds is 5. The summed E-state index contributed by atoms with van der Waals surface area (Å²) in [5, 5.41) is 1.19. The van der Waals surface area contributed by atoms with E-state index in [0.717, 1.165) is 34.9 Å². The minimum Gasteiger partial charge on any atom is -0.497 e. The van der Waals surface area contributed by atoms with Crippen molar-refractivity contribution in [2.45, 2.75) is 6.42 Å². The lowest BCUT2D eigenvalue weighted by Gasteiger charge is -2.10. The maximum atomic E-state index is 6.13. The van der Waals surface area contributed by atoms with Crippen molar-refractivity contribution in [2.75, 3.05) is 13.7 Å². The Labute approximate surface area is 130 Å². The maximum absolute atomic E-state index is 6.13. The second-order valence-electron chi connectivity index (χ2n) is 5.18. The van der Waals surface area contributed by atoms with Crippen LogP contribution in [-0.2, 0) is 13.5 Å². The average molecular weight is 296 g/mol. The van der Waals surface area contributed by atoms with Gasteiger partial charge in [-0.05, 0) is 43.3 Å². The van der Waals surface area contributed by atoms with Crippen LogP contribution in [0, 0.1) is 0 Å². The first-order valence-corrected chi connectivity index (χ1v) is 7.33. The topological polar surface area (TPSA) is 49.4 Å². The van der Waals surface area contributed by atoms with Crippen LogP contribution in [0.3, 0.4) is 0 Å². The van der Waals surface area contributed by atoms with E-state index < -0.39 is 0 Å². The summed E-state index contributed by atoms with van der Waals surface area (Å²) in [5.41, 5.74) is 8.08. The highest BCUT2D eigenvalue weighted by Gasteiger charge is 2.16. The van der Waals surface area contributed by atoms with Crippen molar-refractivity contribution in [1.82, 2.24) is 4.57 Å². The average Bonchev–Trinajstić information content (AvgIpc) is 2.82. The zero-order valence-corrected chi connectivity index (χ0v) is 12.9. The molecule has 22 heavy (non-hydrogen) atoms. The van der Waals surface area contributed by atoms with E-state index in [1.54, 1.807) is 7.11 Å². The Hall–Kier alpha value is -2.46. The molecule has 0 saturated carbocycles. The summed E-state index contributed by atoms with van der Waals surface area (Å²) in [6.45, 7) is 0.590. The van der Waals surface area contributed by atoms with Crippen LogP contribution in [0.2, 0.25) is 0 Å². The minimum absolute atomic E-state index is 0.590. The van der Waals surface area contributed by atoms with E-state index in [4.69, 9.17) is 15.2 Å². The molecule has 1 heterocycles. The number of nitrogens with zero attached hydrogens (tertiary/aromatic N) is 1. The van der Waals surface area contributed by atoms with E-state index in [1.807, 2.05) is 43.4 Å². The fourth-order valence-corrected chi connectivity index (χ4v) is 2.72. The molecule has 0 aliphatic heterocycles. The number of para-hydroxylation sites is 1. The predicted molar refractivity (Wildman–Crippen MR) is 88.7 cm³/mol. The summed E-state index contributed by atoms with van der Waals surface area (Å²) in [5.74, 6) is 2.44. The lowest BCUT2D eigenvalue weighted by molar-refractivity contribution is 0.410. The Bertz CT molecular complexity index is 776. The van der Waals surface area contributed by atoms with Crippen LogP contribution in [0.1, 0.15) is 5.56 Å². The number of methoxy groups -OCH3 is 1. The monoisotopic (exact) mass is 296 g/mol. The molecule has 4 heteroatoms. The lowest BCUT2D eigenvalue weighted by Crippen LogP contribution is -2.04. The fraction of sp³-hybridized carbons (Fsp3) is 0.222. The predicted octanol–water partition coefficient (Wildman–Crippen LogP) is 3.48. The number of aromatic nitrogens is 1. The van der Waals surface area contributed by atoms with E-state index in [9.17, 15) is 0 Å². The van der Waals surface area contributed by atoms with Gasteiger partial charge in [-0.25, -0.2) is 0 Å². The largest absolute Gasteiger partial charge is 0.497 e. The first kappa shape index (κ1) is 14.5. The Morgan fingerprint density at radius 1 is 1.00 bits per heavy atom. The molecular formula is C18H20N2O2. The molecule has 0 spiro atoms. The van der Waals surface area contributed by atoms with Crippen LogP contribution in [0.25, 0.3) is 10.9 Å². The van der Waals surface area contributed by atoms with Gasteiger partial charge in [0.2, 0.25) is 5.88 Å². The molecule has 114 valence electrons. The van der Waals surface area contributed by atoms with Crippen molar-refractivity contribution in [3.8, 4) is 17.4 Å². The summed E-state index contributed by atoms with van der Waals surface area (Å²) < 4.78 is 13.4. The molecule has 1 aromatic heterocycles. The fourth-order valence-electron chi connectivity index (χ4n) is 2.72. The third kappa shape index (κ3) is 2.53. The molecule has 3 rings (SSSR count). The Kier molecular flexibility index (Phi) is 4.02. The van der Waals surface area contributed by atoms with Crippen LogP contribution in [0.15, 0.2) is 48.5 Å². The molecule has 2 N–H and O–H groups in total. The number of fused-ring (bicyclic) bond motifs is 1. The zero-order valence-electron chi connectivity index (χ0n) is 12.9. The van der Waals surface area contributed by atoms with Gasteiger partial charge in [0.05, 0.1) is 12.6 Å². The summed E-state index contributed by atoms with van der Waals surface area (Å²) >= 11 is 0. The zero-order chi connectivity index (χ0) is 15.5. The molecule has 0 unspecified atom stereocenters. The maximum Gasteiger partial charge on any atom is 0.204 e. The summed E-state index contributed by atoms with van der Waals surface area (Å²) in [7, 11) is 3.67. The molecule has 2 aromatic carbocycles. The van der Waals surface area contributed by atoms with Crippen molar-refractivity contribution in [2.24, 2.45) is 12.8 Å². The minimum atomic E-state index is 0.590. The third-order valence-corrected chi connectivity index (χ3v) is 3.82. The highest BCUT2D eigenvalue weighted by molar-refractivity contribution is 5.87. The summed E-state index contributed by atoms with van der Waals surface area (Å²) in [6, 6.07) is 15.9. The van der Waals surface area contributed by atoms with E-state index >= 15 is 0 Å². The second kappa shape index (κ2) is 6.12. The van der Waals surface area contributed by atoms with Gasteiger partial charge >= 0.3 is 0 Å². The number of benzene rings is 2. The van der Waals surface area contributed by atoms with Gasteiger partial charge in [-0.1, -0.05) is 18.2 Å². The molecule has 0 saturated heterocycles. The molecular weight excluding hydrogens is 276 g/mol. The van der Waals surface area contributed by atoms with Gasteiger partial charge in [0.25, 0.3) is 0 Å². The molecule has 0 aliphatic carbocycles. The van der Waals surface area contributed by atoms with Gasteiger partial charge in [0, 0.05) is 18.0 Å². The van der Waals surface area contributed by atoms with E-state index in [2.05, 4.69) is 16.7 Å². The molecule has 4 nitrogen and oxygen atoms in total. The number of hydrogen-bond donors (Lipinski definition) is 1. The van der Waals surface area contributed by atoms with Gasteiger partial charge in [-0.2, -0.15) is 0 Å². The highest BCUT2D eigenvalue weighted by atomic mass is 16.5. The molecule has 0 fully saturated rings. The van der Waals surface area contributed by atoms with Crippen LogP contribution in [0.5, 0.6) is 17.4 Å². The van der Waals surface area contributed by atoms with Gasteiger partial charge < -0.3 is 19.8 Å². The van der Waals surface area contributed by atoms with Crippen LogP contribution >= 0.6 is 0 Å². The molecule has 3 aromatic rings. The standard InChI is InChI=1S/C18H20N2O2/c1-20-17-6-4-3-5-15(17)16(11-12-19)18(20)22-14-9-7-13(21-2)8-10-14/h3-10H,11-12,19H2,1-2H3. The van der Waals surface area contributed by atoms with E-state index in [0.29, 0.717) is 6.54 Å². The van der Waals surface area contributed by atoms with E-state index in [-0.39, 0.29) is 0 Å². The second-order valence-corrected chi connectivity index (χ2v) is 5.18. The van der Waals surface area contributed by atoms with Crippen molar-refractivity contribution < 1.29 is 9.47 Å². The normalized spacial score (nSPS) is 10.9. The Morgan fingerprint density at radius 3 is 2.36 bits per heavy atom. The SMILES string of the molecule is COc1ccc(Oc2c(CCN)c3ccccc3n2C)cc1. The van der Waals surface area contributed by atoms with Gasteiger partial charge in [0.1, 0.15) is 11.5 Å². The molecule has 0 bridgehead atoms. The van der Waals surface area contributed by atoms with Crippen molar-refractivity contribution >= 4 is 10.9 Å². The van der Waals surface area contributed by atoms with Crippen LogP contribution < -0.4 is 15.2 Å². The smallest absolute Gasteiger partial charge is 0.204 e. The van der Waals surface area contributed by atoms with E-state index in [1.165, 1.54) is 5.39 Å². The number of ether oxygens (including phenoxy) is 2. The van der Waals surface area contributed by atoms with Crippen molar-refractivity contribution in [3.05, 3.63) is 54.1 Å². The number of hydrogen-bond acceptors (Lipinski definition) is 3. The first-order valence-electron chi connectivity index (χ1n) is 7.33. The molecule has 0 radical (unpaired) electrons. The van der Waals surface area contributed by atoms with Crippen LogP contribution in [-0.4, -0.2) is 18.2 Å². The highest BCUT2D eigenvalue weighted by Crippen LogP contribution is 2.34. The lowest BCUT2D eigenvalue weighted by atomic mass is 10.1. The van der Waals surface area contributed by atoms with Gasteiger partial charge in [0.15, 0.2) is 0 Å². The number of aryl methyl sites for hydroxylation is 1. The summed E-state index contributed by atoms with van der Waals surface area (Å²) in [4.78, 5) is 0. The Balaban J connectivity index is 2.04. The summed E-state index contributed by atoms with van der Waals surface area (Å²) in [6.07, 6.45) is 0.785. The third-order valence-electron chi connectivity index (χ3n) is 3.82. The number of nitrogens with two attached hydrogens (primary N) is 1. The quantitative estimate of drug-likeness (QED) is 0.784. The van der Waals surface area contributed by atoms with Gasteiger partial charge in [-0.3, -0.25) is 0 Å².